The van der Waals surface area contributed by atoms with Crippen molar-refractivity contribution in [1.29, 1.82) is 0 Å². The third-order valence-corrected chi connectivity index (χ3v) is 2.66. The van der Waals surface area contributed by atoms with Crippen LogP contribution in [0.4, 0.5) is 19.3 Å². The van der Waals surface area contributed by atoms with E-state index in [0.29, 0.717) is 11.8 Å². The van der Waals surface area contributed by atoms with Crippen LogP contribution in [-0.4, -0.2) is 17.4 Å². The maximum atomic E-state index is 13.4. The molecule has 1 unspecified atom stereocenters. The Kier molecular flexibility index (Phi) is 4.77. The van der Waals surface area contributed by atoms with Gasteiger partial charge in [0, 0.05) is 6.07 Å². The molecule has 2 amide bonds. The van der Waals surface area contributed by atoms with E-state index in [1.54, 1.807) is 6.92 Å². The fraction of sp³-hybridized carbons (Fsp3) is 0.133. The molecule has 2 rings (SSSR count). The third kappa shape index (κ3) is 4.34. The summed E-state index contributed by atoms with van der Waals surface area (Å²) in [4.78, 5) is 11.7. The Morgan fingerprint density at radius 2 is 1.86 bits per heavy atom. The Labute approximate surface area is 125 Å². The standard InChI is InChI=1S/C15H14F2N2O3/c1-9(22-12-5-3-11(20)4-6-12)18-15(21)19-14-7-2-10(16)8-13(14)17/h2-9,20H,1H3,(H2,18,19,21). The summed E-state index contributed by atoms with van der Waals surface area (Å²) in [5.74, 6) is -1.06. The zero-order valence-corrected chi connectivity index (χ0v) is 11.6. The molecule has 2 aromatic rings. The van der Waals surface area contributed by atoms with Crippen LogP contribution in [0.25, 0.3) is 0 Å². The molecule has 0 aliphatic rings. The minimum atomic E-state index is -0.873. The number of phenolic OH excluding ortho intramolecular Hbond substituents is 1. The number of urea groups is 1. The number of benzene rings is 2. The van der Waals surface area contributed by atoms with E-state index in [-0.39, 0.29) is 11.4 Å². The number of carbonyl (C=O) groups is 1. The van der Waals surface area contributed by atoms with E-state index in [2.05, 4.69) is 10.6 Å². The smallest absolute Gasteiger partial charge is 0.322 e. The lowest BCUT2D eigenvalue weighted by Gasteiger charge is -2.17. The van der Waals surface area contributed by atoms with Crippen molar-refractivity contribution in [3.63, 3.8) is 0 Å². The molecule has 0 aromatic heterocycles. The van der Waals surface area contributed by atoms with Crippen LogP contribution < -0.4 is 15.4 Å². The molecule has 5 nitrogen and oxygen atoms in total. The van der Waals surface area contributed by atoms with Gasteiger partial charge < -0.3 is 20.5 Å². The zero-order valence-electron chi connectivity index (χ0n) is 11.6. The number of aromatic hydroxyl groups is 1. The van der Waals surface area contributed by atoms with Crippen LogP contribution in [0.1, 0.15) is 6.92 Å². The van der Waals surface area contributed by atoms with Crippen molar-refractivity contribution < 1.29 is 23.4 Å². The van der Waals surface area contributed by atoms with E-state index >= 15 is 0 Å². The first-order valence-corrected chi connectivity index (χ1v) is 6.42. The Hall–Kier alpha value is -2.83. The first kappa shape index (κ1) is 15.6. The second-order valence-electron chi connectivity index (χ2n) is 4.48. The van der Waals surface area contributed by atoms with Gasteiger partial charge in [0.25, 0.3) is 0 Å². The highest BCUT2D eigenvalue weighted by atomic mass is 19.1. The minimum Gasteiger partial charge on any atom is -0.508 e. The summed E-state index contributed by atoms with van der Waals surface area (Å²) in [6.07, 6.45) is -0.701. The van der Waals surface area contributed by atoms with Crippen LogP contribution in [0.5, 0.6) is 11.5 Å². The summed E-state index contributed by atoms with van der Waals surface area (Å²) in [6.45, 7) is 1.58. The molecule has 2 aromatic carbocycles. The quantitative estimate of drug-likeness (QED) is 0.760. The minimum absolute atomic E-state index is 0.0949. The zero-order chi connectivity index (χ0) is 16.1. The number of anilines is 1. The molecule has 116 valence electrons. The monoisotopic (exact) mass is 308 g/mol. The molecular formula is C15H14F2N2O3. The highest BCUT2D eigenvalue weighted by molar-refractivity contribution is 5.89. The number of amides is 2. The van der Waals surface area contributed by atoms with Crippen LogP contribution in [0.15, 0.2) is 42.5 Å². The fourth-order valence-corrected chi connectivity index (χ4v) is 1.69. The number of ether oxygens (including phenoxy) is 1. The average Bonchev–Trinajstić information content (AvgIpc) is 2.44. The number of halogens is 2. The van der Waals surface area contributed by atoms with Crippen molar-refractivity contribution in [2.24, 2.45) is 0 Å². The number of hydrogen-bond donors (Lipinski definition) is 3. The summed E-state index contributed by atoms with van der Waals surface area (Å²) < 4.78 is 31.5. The lowest BCUT2D eigenvalue weighted by atomic mass is 10.3. The number of carbonyl (C=O) groups excluding carboxylic acids is 1. The van der Waals surface area contributed by atoms with Gasteiger partial charge in [-0.3, -0.25) is 0 Å². The molecule has 0 aliphatic carbocycles. The maximum Gasteiger partial charge on any atom is 0.322 e. The van der Waals surface area contributed by atoms with Gasteiger partial charge in [0.1, 0.15) is 23.1 Å². The molecule has 0 spiro atoms. The Bertz CT molecular complexity index is 662. The van der Waals surface area contributed by atoms with Crippen LogP contribution in [0.3, 0.4) is 0 Å². The molecule has 0 aliphatic heterocycles. The number of hydrogen-bond acceptors (Lipinski definition) is 3. The molecule has 3 N–H and O–H groups in total. The molecule has 0 bridgehead atoms. The molecule has 0 fully saturated rings. The van der Waals surface area contributed by atoms with E-state index in [0.717, 1.165) is 12.1 Å². The van der Waals surface area contributed by atoms with E-state index in [1.165, 1.54) is 24.3 Å². The van der Waals surface area contributed by atoms with E-state index in [9.17, 15) is 13.6 Å². The number of rotatable bonds is 4. The van der Waals surface area contributed by atoms with Crippen LogP contribution in [-0.2, 0) is 0 Å². The highest BCUT2D eigenvalue weighted by Crippen LogP contribution is 2.17. The first-order chi connectivity index (χ1) is 10.4. The molecule has 7 heteroatoms. The predicted molar refractivity (Wildman–Crippen MR) is 76.7 cm³/mol. The summed E-state index contributed by atoms with van der Waals surface area (Å²) in [5, 5.41) is 13.8. The van der Waals surface area contributed by atoms with Crippen molar-refractivity contribution in [1.82, 2.24) is 5.32 Å². The molecule has 0 radical (unpaired) electrons. The topological polar surface area (TPSA) is 70.6 Å². The summed E-state index contributed by atoms with van der Waals surface area (Å²) >= 11 is 0. The second kappa shape index (κ2) is 6.75. The second-order valence-corrected chi connectivity index (χ2v) is 4.48. The van der Waals surface area contributed by atoms with Gasteiger partial charge in [0.15, 0.2) is 6.23 Å². The van der Waals surface area contributed by atoms with E-state index in [4.69, 9.17) is 9.84 Å². The van der Waals surface area contributed by atoms with Crippen molar-refractivity contribution in [3.8, 4) is 11.5 Å². The van der Waals surface area contributed by atoms with Crippen LogP contribution >= 0.6 is 0 Å². The third-order valence-electron chi connectivity index (χ3n) is 2.66. The van der Waals surface area contributed by atoms with Gasteiger partial charge in [-0.25, -0.2) is 13.6 Å². The summed E-state index contributed by atoms with van der Waals surface area (Å²) in [6, 6.07) is 8.08. The fourth-order valence-electron chi connectivity index (χ4n) is 1.69. The van der Waals surface area contributed by atoms with Crippen molar-refractivity contribution in [2.45, 2.75) is 13.2 Å². The average molecular weight is 308 g/mol. The number of phenols is 1. The summed E-state index contributed by atoms with van der Waals surface area (Å²) in [5.41, 5.74) is -0.143. The molecule has 0 saturated carbocycles. The van der Waals surface area contributed by atoms with Gasteiger partial charge >= 0.3 is 6.03 Å². The van der Waals surface area contributed by atoms with Gasteiger partial charge in [-0.1, -0.05) is 0 Å². The predicted octanol–water partition coefficient (Wildman–Crippen LogP) is 3.22. The Morgan fingerprint density at radius 3 is 2.50 bits per heavy atom. The van der Waals surface area contributed by atoms with Crippen LogP contribution in [0, 0.1) is 11.6 Å². The number of nitrogens with one attached hydrogen (secondary N) is 2. The highest BCUT2D eigenvalue weighted by Gasteiger charge is 2.11. The Morgan fingerprint density at radius 1 is 1.18 bits per heavy atom. The summed E-state index contributed by atoms with van der Waals surface area (Å²) in [7, 11) is 0. The van der Waals surface area contributed by atoms with Gasteiger partial charge in [-0.05, 0) is 43.3 Å². The van der Waals surface area contributed by atoms with E-state index in [1.807, 2.05) is 0 Å². The lowest BCUT2D eigenvalue weighted by Crippen LogP contribution is -2.39. The lowest BCUT2D eigenvalue weighted by molar-refractivity contribution is 0.183. The molecule has 22 heavy (non-hydrogen) atoms. The normalized spacial score (nSPS) is 11.6. The van der Waals surface area contributed by atoms with Crippen molar-refractivity contribution in [3.05, 3.63) is 54.1 Å². The van der Waals surface area contributed by atoms with E-state index < -0.39 is 23.9 Å². The largest absolute Gasteiger partial charge is 0.508 e. The Balaban J connectivity index is 1.89. The molecule has 0 saturated heterocycles. The van der Waals surface area contributed by atoms with Gasteiger partial charge in [-0.2, -0.15) is 0 Å². The molecular weight excluding hydrogens is 294 g/mol. The van der Waals surface area contributed by atoms with Gasteiger partial charge in [0.05, 0.1) is 5.69 Å². The van der Waals surface area contributed by atoms with Crippen molar-refractivity contribution >= 4 is 11.7 Å². The molecule has 1 atom stereocenters. The SMILES string of the molecule is CC(NC(=O)Nc1ccc(F)cc1F)Oc1ccc(O)cc1. The maximum absolute atomic E-state index is 13.4. The molecule has 0 heterocycles. The first-order valence-electron chi connectivity index (χ1n) is 6.42. The van der Waals surface area contributed by atoms with Crippen molar-refractivity contribution in [2.75, 3.05) is 5.32 Å². The van der Waals surface area contributed by atoms with Gasteiger partial charge in [0.2, 0.25) is 0 Å². The van der Waals surface area contributed by atoms with Gasteiger partial charge in [-0.15, -0.1) is 0 Å². The van der Waals surface area contributed by atoms with Crippen LogP contribution in [0.2, 0.25) is 0 Å².